The Balaban J connectivity index is 1.24. The van der Waals surface area contributed by atoms with Crippen molar-refractivity contribution < 1.29 is 14.3 Å². The molecule has 2 amide bonds. The predicted octanol–water partition coefficient (Wildman–Crippen LogP) is 0.544. The van der Waals surface area contributed by atoms with Crippen molar-refractivity contribution in [3.8, 4) is 0 Å². The van der Waals surface area contributed by atoms with Gasteiger partial charge in [-0.2, -0.15) is 0 Å². The van der Waals surface area contributed by atoms with Gasteiger partial charge in [0.1, 0.15) is 11.1 Å². The molecule has 0 radical (unpaired) electrons. The molecule has 1 aromatic rings. The number of amides is 2. The lowest BCUT2D eigenvalue weighted by atomic mass is 9.92. The van der Waals surface area contributed by atoms with Crippen molar-refractivity contribution in [2.24, 2.45) is 0 Å². The number of fused-ring (bicyclic) bond motifs is 1. The number of carbonyl (C=O) groups excluding carboxylic acids is 2. The molecule has 2 aliphatic heterocycles. The minimum atomic E-state index is -0.462. The van der Waals surface area contributed by atoms with Crippen LogP contribution in [0.4, 0.5) is 0 Å². The van der Waals surface area contributed by atoms with Gasteiger partial charge in [-0.1, -0.05) is 0 Å². The third-order valence-corrected chi connectivity index (χ3v) is 7.54. The summed E-state index contributed by atoms with van der Waals surface area (Å²) in [6.07, 6.45) is 2.87. The van der Waals surface area contributed by atoms with Gasteiger partial charge in [0.2, 0.25) is 11.8 Å². The second kappa shape index (κ2) is 7.40. The van der Waals surface area contributed by atoms with E-state index in [9.17, 15) is 9.59 Å². The van der Waals surface area contributed by atoms with Crippen molar-refractivity contribution in [3.05, 3.63) is 21.9 Å². The van der Waals surface area contributed by atoms with Gasteiger partial charge in [0, 0.05) is 25.1 Å². The number of hydrogen-bond donors (Lipinski definition) is 1. The van der Waals surface area contributed by atoms with Gasteiger partial charge in [-0.3, -0.25) is 19.4 Å². The first-order valence-corrected chi connectivity index (χ1v) is 10.8. The lowest BCUT2D eigenvalue weighted by Gasteiger charge is -2.50. The van der Waals surface area contributed by atoms with E-state index >= 15 is 0 Å². The second-order valence-electron chi connectivity index (χ2n) is 8.58. The third kappa shape index (κ3) is 3.58. The van der Waals surface area contributed by atoms with E-state index in [4.69, 9.17) is 4.74 Å². The molecule has 0 atom stereocenters. The topological polar surface area (TPSA) is 65.1 Å². The zero-order valence-electron chi connectivity index (χ0n) is 17.0. The number of methoxy groups -OCH3 is 1. The standard InChI is InChI=1S/C20H30N4O3S/c1-22(2)20(6-7-20)18(26)24-13-19(14-24,27-3)12-21-17(25)11-23-8-4-16-15(10-23)5-9-28-16/h5,9H,4,6-8,10-14H2,1-3H3,(H,21,25). The Morgan fingerprint density at radius 3 is 2.71 bits per heavy atom. The molecular weight excluding hydrogens is 376 g/mol. The zero-order valence-corrected chi connectivity index (χ0v) is 17.8. The van der Waals surface area contributed by atoms with Crippen LogP contribution >= 0.6 is 11.3 Å². The maximum atomic E-state index is 12.8. The summed E-state index contributed by atoms with van der Waals surface area (Å²) < 4.78 is 5.69. The van der Waals surface area contributed by atoms with E-state index in [1.165, 1.54) is 10.4 Å². The number of thiophene rings is 1. The molecule has 3 heterocycles. The SMILES string of the molecule is COC1(CNC(=O)CN2CCc3sccc3C2)CN(C(=O)C2(N(C)C)CC2)C1. The molecule has 3 aliphatic rings. The van der Waals surface area contributed by atoms with Crippen molar-refractivity contribution in [1.82, 2.24) is 20.0 Å². The molecule has 7 nitrogen and oxygen atoms in total. The molecule has 1 saturated carbocycles. The van der Waals surface area contributed by atoms with E-state index in [0.29, 0.717) is 26.2 Å². The van der Waals surface area contributed by atoms with E-state index in [-0.39, 0.29) is 17.4 Å². The largest absolute Gasteiger partial charge is 0.373 e. The van der Waals surface area contributed by atoms with Crippen LogP contribution in [0, 0.1) is 0 Å². The highest BCUT2D eigenvalue weighted by Gasteiger charge is 2.58. The van der Waals surface area contributed by atoms with Gasteiger partial charge in [-0.05, 0) is 50.4 Å². The van der Waals surface area contributed by atoms with E-state index in [2.05, 4.69) is 21.7 Å². The molecule has 0 unspecified atom stereocenters. The van der Waals surface area contributed by atoms with Crippen LogP contribution in [0.5, 0.6) is 0 Å². The number of carbonyl (C=O) groups is 2. The minimum absolute atomic E-state index is 0.0202. The second-order valence-corrected chi connectivity index (χ2v) is 9.58. The van der Waals surface area contributed by atoms with Gasteiger partial charge in [-0.25, -0.2) is 0 Å². The van der Waals surface area contributed by atoms with E-state index in [1.54, 1.807) is 18.4 Å². The molecule has 4 rings (SSSR count). The smallest absolute Gasteiger partial charge is 0.243 e. The Morgan fingerprint density at radius 1 is 1.32 bits per heavy atom. The molecule has 2 fully saturated rings. The average Bonchev–Trinajstić information content (AvgIpc) is 3.33. The predicted molar refractivity (Wildman–Crippen MR) is 108 cm³/mol. The van der Waals surface area contributed by atoms with Gasteiger partial charge < -0.3 is 15.0 Å². The number of nitrogens with zero attached hydrogens (tertiary/aromatic N) is 3. The molecule has 1 saturated heterocycles. The first kappa shape index (κ1) is 19.8. The Bertz CT molecular complexity index is 752. The molecule has 8 heteroatoms. The number of ether oxygens (including phenoxy) is 1. The molecule has 28 heavy (non-hydrogen) atoms. The summed E-state index contributed by atoms with van der Waals surface area (Å²) in [6, 6.07) is 2.16. The molecule has 154 valence electrons. The van der Waals surface area contributed by atoms with E-state index in [0.717, 1.165) is 32.4 Å². The summed E-state index contributed by atoms with van der Waals surface area (Å²) in [5.41, 5.74) is 0.578. The van der Waals surface area contributed by atoms with Gasteiger partial charge in [0.05, 0.1) is 26.2 Å². The van der Waals surface area contributed by atoms with Crippen LogP contribution in [-0.4, -0.2) is 91.6 Å². The van der Waals surface area contributed by atoms with Crippen LogP contribution in [0.25, 0.3) is 0 Å². The van der Waals surface area contributed by atoms with Crippen LogP contribution in [0.3, 0.4) is 0 Å². The molecule has 0 aromatic carbocycles. The van der Waals surface area contributed by atoms with Crippen LogP contribution in [-0.2, 0) is 27.3 Å². The highest BCUT2D eigenvalue weighted by molar-refractivity contribution is 7.10. The normalized spacial score (nSPS) is 22.5. The maximum Gasteiger partial charge on any atom is 0.243 e. The average molecular weight is 407 g/mol. The Kier molecular flexibility index (Phi) is 5.24. The molecule has 1 aliphatic carbocycles. The number of nitrogens with one attached hydrogen (secondary N) is 1. The minimum Gasteiger partial charge on any atom is -0.373 e. The van der Waals surface area contributed by atoms with Crippen molar-refractivity contribution in [3.63, 3.8) is 0 Å². The van der Waals surface area contributed by atoms with E-state index in [1.807, 2.05) is 23.9 Å². The Morgan fingerprint density at radius 2 is 2.07 bits per heavy atom. The summed E-state index contributed by atoms with van der Waals surface area (Å²) in [6.45, 7) is 3.70. The summed E-state index contributed by atoms with van der Waals surface area (Å²) >= 11 is 1.80. The van der Waals surface area contributed by atoms with Crippen LogP contribution in [0.15, 0.2) is 11.4 Å². The van der Waals surface area contributed by atoms with Gasteiger partial charge in [-0.15, -0.1) is 11.3 Å². The van der Waals surface area contributed by atoms with Crippen molar-refractivity contribution in [2.45, 2.75) is 36.9 Å². The lowest BCUT2D eigenvalue weighted by molar-refractivity contribution is -0.167. The quantitative estimate of drug-likeness (QED) is 0.716. The van der Waals surface area contributed by atoms with Crippen LogP contribution in [0.2, 0.25) is 0 Å². The van der Waals surface area contributed by atoms with Crippen LogP contribution < -0.4 is 5.32 Å². The van der Waals surface area contributed by atoms with Gasteiger partial charge in [0.15, 0.2) is 0 Å². The highest BCUT2D eigenvalue weighted by atomic mass is 32.1. The third-order valence-electron chi connectivity index (χ3n) is 6.52. The number of likely N-dealkylation sites (N-methyl/N-ethyl adjacent to an activating group) is 1. The van der Waals surface area contributed by atoms with Gasteiger partial charge in [0.25, 0.3) is 0 Å². The summed E-state index contributed by atoms with van der Waals surface area (Å²) in [4.78, 5) is 32.7. The Hall–Kier alpha value is -1.48. The maximum absolute atomic E-state index is 12.8. The highest BCUT2D eigenvalue weighted by Crippen LogP contribution is 2.43. The monoisotopic (exact) mass is 406 g/mol. The fraction of sp³-hybridized carbons (Fsp3) is 0.700. The lowest BCUT2D eigenvalue weighted by Crippen LogP contribution is -2.70. The first-order valence-electron chi connectivity index (χ1n) is 9.94. The summed E-state index contributed by atoms with van der Waals surface area (Å²) in [7, 11) is 5.60. The first-order chi connectivity index (χ1) is 13.4. The molecular formula is C20H30N4O3S. The number of rotatable bonds is 7. The number of likely N-dealkylation sites (tertiary alicyclic amines) is 1. The summed E-state index contributed by atoms with van der Waals surface area (Å²) in [5, 5.41) is 5.15. The zero-order chi connectivity index (χ0) is 19.9. The van der Waals surface area contributed by atoms with Crippen molar-refractivity contribution >= 4 is 23.2 Å². The van der Waals surface area contributed by atoms with Crippen LogP contribution in [0.1, 0.15) is 23.3 Å². The molecule has 1 N–H and O–H groups in total. The molecule has 0 bridgehead atoms. The van der Waals surface area contributed by atoms with Crippen molar-refractivity contribution in [1.29, 1.82) is 0 Å². The fourth-order valence-electron chi connectivity index (χ4n) is 4.33. The summed E-state index contributed by atoms with van der Waals surface area (Å²) in [5.74, 6) is 0.211. The Labute approximate surface area is 170 Å². The fourth-order valence-corrected chi connectivity index (χ4v) is 5.22. The van der Waals surface area contributed by atoms with Gasteiger partial charge >= 0.3 is 0 Å². The number of hydrogen-bond acceptors (Lipinski definition) is 6. The molecule has 0 spiro atoms. The van der Waals surface area contributed by atoms with E-state index < -0.39 is 5.60 Å². The van der Waals surface area contributed by atoms with Crippen molar-refractivity contribution in [2.75, 3.05) is 53.9 Å². The molecule has 1 aromatic heterocycles.